The lowest BCUT2D eigenvalue weighted by atomic mass is 9.78. The predicted molar refractivity (Wildman–Crippen MR) is 74.3 cm³/mol. The van der Waals surface area contributed by atoms with Crippen molar-refractivity contribution in [3.63, 3.8) is 0 Å². The van der Waals surface area contributed by atoms with Gasteiger partial charge in [-0.2, -0.15) is 0 Å². The third kappa shape index (κ3) is 1.93. The summed E-state index contributed by atoms with van der Waals surface area (Å²) in [6.45, 7) is 8.08. The Balaban J connectivity index is 2.58. The van der Waals surface area contributed by atoms with Crippen LogP contribution in [0.15, 0.2) is 24.3 Å². The van der Waals surface area contributed by atoms with E-state index in [1.54, 1.807) is 6.92 Å². The Labute approximate surface area is 109 Å². The van der Waals surface area contributed by atoms with Crippen LogP contribution < -0.4 is 10.6 Å². The van der Waals surface area contributed by atoms with Crippen LogP contribution in [0.25, 0.3) is 0 Å². The van der Waals surface area contributed by atoms with E-state index in [0.717, 1.165) is 11.3 Å². The number of anilines is 1. The molecular weight excluding hydrogens is 224 g/mol. The Morgan fingerprint density at radius 1 is 1.33 bits per heavy atom. The van der Waals surface area contributed by atoms with Gasteiger partial charge in [-0.05, 0) is 23.5 Å². The number of hydrogen-bond acceptors (Lipinski definition) is 2. The van der Waals surface area contributed by atoms with Gasteiger partial charge < -0.3 is 10.6 Å². The third-order valence-electron chi connectivity index (χ3n) is 3.98. The van der Waals surface area contributed by atoms with Gasteiger partial charge >= 0.3 is 0 Å². The molecule has 0 aromatic heterocycles. The minimum absolute atomic E-state index is 0.00389. The van der Waals surface area contributed by atoms with E-state index in [0.29, 0.717) is 5.92 Å². The molecule has 0 bridgehead atoms. The van der Waals surface area contributed by atoms with Gasteiger partial charge in [0.2, 0.25) is 5.91 Å². The molecule has 0 fully saturated rings. The summed E-state index contributed by atoms with van der Waals surface area (Å²) >= 11 is 0. The summed E-state index contributed by atoms with van der Waals surface area (Å²) in [5.41, 5.74) is 8.40. The molecule has 2 N–H and O–H groups in total. The standard InChI is InChI=1S/C15H22N2O/c1-9(2)15-10(3)14(16)12-7-5-6-8-13(12)17(15)11(4)18/h5-10,14-15H,16H2,1-4H3/t10-,14-,15?/m1/s1. The number of carbonyl (C=O) groups excluding carboxylic acids is 1. The highest BCUT2D eigenvalue weighted by atomic mass is 16.2. The Morgan fingerprint density at radius 2 is 1.94 bits per heavy atom. The summed E-state index contributed by atoms with van der Waals surface area (Å²) in [6, 6.07) is 8.16. The van der Waals surface area contributed by atoms with Crippen molar-refractivity contribution in [2.75, 3.05) is 4.90 Å². The summed E-state index contributed by atoms with van der Waals surface area (Å²) in [5, 5.41) is 0. The van der Waals surface area contributed by atoms with Crippen molar-refractivity contribution >= 4 is 11.6 Å². The van der Waals surface area contributed by atoms with Crippen LogP contribution in [-0.4, -0.2) is 11.9 Å². The fraction of sp³-hybridized carbons (Fsp3) is 0.533. The summed E-state index contributed by atoms with van der Waals surface area (Å²) < 4.78 is 0. The fourth-order valence-electron chi connectivity index (χ4n) is 3.17. The van der Waals surface area contributed by atoms with Crippen molar-refractivity contribution in [1.82, 2.24) is 0 Å². The van der Waals surface area contributed by atoms with Gasteiger partial charge in [0, 0.05) is 24.7 Å². The van der Waals surface area contributed by atoms with E-state index in [1.165, 1.54) is 0 Å². The molecule has 3 nitrogen and oxygen atoms in total. The minimum atomic E-state index is 0.00389. The number of amides is 1. The lowest BCUT2D eigenvalue weighted by molar-refractivity contribution is -0.117. The second-order valence-electron chi connectivity index (χ2n) is 5.57. The normalized spacial score (nSPS) is 27.2. The maximum atomic E-state index is 12.0. The quantitative estimate of drug-likeness (QED) is 0.828. The molecule has 0 aliphatic carbocycles. The number of para-hydroxylation sites is 1. The van der Waals surface area contributed by atoms with Gasteiger partial charge in [-0.1, -0.05) is 39.0 Å². The van der Waals surface area contributed by atoms with Crippen molar-refractivity contribution in [2.24, 2.45) is 17.6 Å². The molecular formula is C15H22N2O. The van der Waals surface area contributed by atoms with E-state index in [2.05, 4.69) is 20.8 Å². The molecule has 1 aliphatic rings. The second kappa shape index (κ2) is 4.73. The van der Waals surface area contributed by atoms with E-state index < -0.39 is 0 Å². The van der Waals surface area contributed by atoms with Crippen LogP contribution in [0.5, 0.6) is 0 Å². The molecule has 1 unspecified atom stereocenters. The molecule has 3 heteroatoms. The van der Waals surface area contributed by atoms with Gasteiger partial charge in [0.1, 0.15) is 0 Å². The van der Waals surface area contributed by atoms with E-state index in [4.69, 9.17) is 5.73 Å². The van der Waals surface area contributed by atoms with Gasteiger partial charge in [-0.15, -0.1) is 0 Å². The van der Waals surface area contributed by atoms with E-state index in [-0.39, 0.29) is 23.9 Å². The molecule has 3 atom stereocenters. The van der Waals surface area contributed by atoms with Crippen molar-refractivity contribution in [3.05, 3.63) is 29.8 Å². The topological polar surface area (TPSA) is 46.3 Å². The van der Waals surface area contributed by atoms with Gasteiger partial charge in [-0.3, -0.25) is 4.79 Å². The molecule has 1 aliphatic heterocycles. The van der Waals surface area contributed by atoms with E-state index >= 15 is 0 Å². The number of benzene rings is 1. The Bertz CT molecular complexity index is 456. The van der Waals surface area contributed by atoms with Crippen molar-refractivity contribution < 1.29 is 4.79 Å². The maximum absolute atomic E-state index is 12.0. The molecule has 0 saturated carbocycles. The smallest absolute Gasteiger partial charge is 0.224 e. The van der Waals surface area contributed by atoms with Crippen LogP contribution in [0.2, 0.25) is 0 Å². The summed E-state index contributed by atoms with van der Waals surface area (Å²) in [4.78, 5) is 13.9. The molecule has 98 valence electrons. The highest BCUT2D eigenvalue weighted by molar-refractivity contribution is 5.93. The summed E-state index contributed by atoms with van der Waals surface area (Å²) in [6.07, 6.45) is 0. The Morgan fingerprint density at radius 3 is 2.50 bits per heavy atom. The fourth-order valence-corrected chi connectivity index (χ4v) is 3.17. The molecule has 1 aromatic carbocycles. The number of nitrogens with two attached hydrogens (primary N) is 1. The summed E-state index contributed by atoms with van der Waals surface area (Å²) in [5.74, 6) is 0.756. The van der Waals surface area contributed by atoms with Gasteiger partial charge in [-0.25, -0.2) is 0 Å². The highest BCUT2D eigenvalue weighted by Crippen LogP contribution is 2.41. The number of rotatable bonds is 1. The first-order valence-corrected chi connectivity index (χ1v) is 6.59. The molecule has 18 heavy (non-hydrogen) atoms. The number of hydrogen-bond donors (Lipinski definition) is 1. The monoisotopic (exact) mass is 246 g/mol. The molecule has 1 aromatic rings. The maximum Gasteiger partial charge on any atom is 0.224 e. The molecule has 0 spiro atoms. The average molecular weight is 246 g/mol. The van der Waals surface area contributed by atoms with Crippen LogP contribution in [0.3, 0.4) is 0 Å². The van der Waals surface area contributed by atoms with Crippen LogP contribution in [-0.2, 0) is 4.79 Å². The number of nitrogens with zero attached hydrogens (tertiary/aromatic N) is 1. The van der Waals surface area contributed by atoms with E-state index in [9.17, 15) is 4.79 Å². The average Bonchev–Trinajstić information content (AvgIpc) is 2.32. The first-order chi connectivity index (χ1) is 8.45. The Hall–Kier alpha value is -1.35. The van der Waals surface area contributed by atoms with Crippen molar-refractivity contribution in [2.45, 2.75) is 39.8 Å². The number of carbonyl (C=O) groups is 1. The first-order valence-electron chi connectivity index (χ1n) is 6.59. The third-order valence-corrected chi connectivity index (χ3v) is 3.98. The molecule has 1 amide bonds. The highest BCUT2D eigenvalue weighted by Gasteiger charge is 2.39. The molecule has 2 rings (SSSR count). The minimum Gasteiger partial charge on any atom is -0.324 e. The van der Waals surface area contributed by atoms with Gasteiger partial charge in [0.25, 0.3) is 0 Å². The lowest BCUT2D eigenvalue weighted by Gasteiger charge is -2.45. The van der Waals surface area contributed by atoms with Crippen LogP contribution in [0.4, 0.5) is 5.69 Å². The SMILES string of the molecule is CC(=O)N1c2ccccc2[C@H](N)[C@@H](C)C1C(C)C. The summed E-state index contributed by atoms with van der Waals surface area (Å²) in [7, 11) is 0. The molecule has 0 saturated heterocycles. The van der Waals surface area contributed by atoms with E-state index in [1.807, 2.05) is 29.2 Å². The number of fused-ring (bicyclic) bond motifs is 1. The van der Waals surface area contributed by atoms with Crippen LogP contribution >= 0.6 is 0 Å². The van der Waals surface area contributed by atoms with Gasteiger partial charge in [0.15, 0.2) is 0 Å². The molecule has 0 radical (unpaired) electrons. The Kier molecular flexibility index (Phi) is 3.44. The zero-order valence-electron chi connectivity index (χ0n) is 11.6. The largest absolute Gasteiger partial charge is 0.324 e. The predicted octanol–water partition coefficient (Wildman–Crippen LogP) is 2.71. The van der Waals surface area contributed by atoms with Crippen LogP contribution in [0, 0.1) is 11.8 Å². The zero-order chi connectivity index (χ0) is 13.4. The van der Waals surface area contributed by atoms with Crippen molar-refractivity contribution in [1.29, 1.82) is 0 Å². The second-order valence-corrected chi connectivity index (χ2v) is 5.57. The van der Waals surface area contributed by atoms with Crippen molar-refractivity contribution in [3.8, 4) is 0 Å². The van der Waals surface area contributed by atoms with Gasteiger partial charge in [0.05, 0.1) is 0 Å². The van der Waals surface area contributed by atoms with Crippen LogP contribution in [0.1, 0.15) is 39.3 Å². The molecule has 1 heterocycles. The lowest BCUT2D eigenvalue weighted by Crippen LogP contribution is -2.52. The zero-order valence-corrected chi connectivity index (χ0v) is 11.6. The first kappa shape index (κ1) is 13.1.